The van der Waals surface area contributed by atoms with E-state index in [1.165, 1.54) is 27.2 Å². The molecule has 0 bridgehead atoms. The number of rotatable bonds is 2. The Morgan fingerprint density at radius 2 is 1.79 bits per heavy atom. The van der Waals surface area contributed by atoms with Crippen LogP contribution in [0.2, 0.25) is 0 Å². The van der Waals surface area contributed by atoms with Crippen LogP contribution in [0.4, 0.5) is 0 Å². The van der Waals surface area contributed by atoms with Gasteiger partial charge in [-0.2, -0.15) is 10.5 Å². The molecule has 8 heteroatoms. The van der Waals surface area contributed by atoms with Crippen molar-refractivity contribution in [2.24, 2.45) is 5.73 Å². The molecule has 28 heavy (non-hydrogen) atoms. The minimum absolute atomic E-state index is 0.109. The molecule has 3 aromatic rings. The lowest BCUT2D eigenvalue weighted by atomic mass is 9.88. The molecule has 2 N–H and O–H groups in total. The Balaban J connectivity index is 2.11. The Morgan fingerprint density at radius 1 is 1.11 bits per heavy atom. The second-order valence-electron chi connectivity index (χ2n) is 6.36. The first-order valence-electron chi connectivity index (χ1n) is 8.34. The monoisotopic (exact) mass is 422 g/mol. The van der Waals surface area contributed by atoms with Crippen molar-refractivity contribution in [1.82, 2.24) is 4.57 Å². The predicted octanol–water partition coefficient (Wildman–Crippen LogP) is 2.60. The number of thiophene rings is 2. The SMILES string of the molecule is Cc1ccsc1C=c1sc2n(c1=O)C(N)=C(C#N)C(c1sccc1C)C=2C#N. The van der Waals surface area contributed by atoms with Gasteiger partial charge in [0.15, 0.2) is 0 Å². The fourth-order valence-electron chi connectivity index (χ4n) is 3.25. The van der Waals surface area contributed by atoms with Crippen molar-refractivity contribution in [1.29, 1.82) is 10.5 Å². The fraction of sp³-hybridized carbons (Fsp3) is 0.150. The van der Waals surface area contributed by atoms with Crippen molar-refractivity contribution in [3.8, 4) is 12.1 Å². The number of thiazole rings is 1. The first-order valence-corrected chi connectivity index (χ1v) is 10.9. The highest BCUT2D eigenvalue weighted by molar-refractivity contribution is 7.11. The van der Waals surface area contributed by atoms with Crippen LogP contribution in [0.15, 0.2) is 33.3 Å². The van der Waals surface area contributed by atoms with Gasteiger partial charge in [0, 0.05) is 9.75 Å². The normalized spacial score (nSPS) is 16.8. The van der Waals surface area contributed by atoms with Gasteiger partial charge in [-0.05, 0) is 53.9 Å². The van der Waals surface area contributed by atoms with Crippen LogP contribution in [0.5, 0.6) is 0 Å². The molecule has 0 fully saturated rings. The minimum atomic E-state index is -0.538. The summed E-state index contributed by atoms with van der Waals surface area (Å²) in [7, 11) is 0. The summed E-state index contributed by atoms with van der Waals surface area (Å²) in [5, 5.41) is 23.6. The second kappa shape index (κ2) is 6.92. The zero-order valence-electron chi connectivity index (χ0n) is 15.0. The molecule has 0 saturated carbocycles. The number of hydrogen-bond acceptors (Lipinski definition) is 7. The number of hydrogen-bond donors (Lipinski definition) is 1. The van der Waals surface area contributed by atoms with E-state index in [1.54, 1.807) is 11.3 Å². The van der Waals surface area contributed by atoms with Crippen LogP contribution in [-0.4, -0.2) is 4.57 Å². The van der Waals surface area contributed by atoms with Crippen molar-refractivity contribution in [3.05, 3.63) is 68.9 Å². The Labute approximate surface area is 172 Å². The number of allylic oxidation sites excluding steroid dienone is 1. The van der Waals surface area contributed by atoms with Gasteiger partial charge in [0.25, 0.3) is 5.56 Å². The molecule has 3 aromatic heterocycles. The number of nitrogens with two attached hydrogens (primary N) is 1. The largest absolute Gasteiger partial charge is 0.384 e. The van der Waals surface area contributed by atoms with E-state index in [2.05, 4.69) is 12.1 Å². The van der Waals surface area contributed by atoms with Crippen molar-refractivity contribution in [2.45, 2.75) is 19.8 Å². The Morgan fingerprint density at radius 3 is 2.36 bits per heavy atom. The molecule has 1 aliphatic rings. The van der Waals surface area contributed by atoms with Crippen LogP contribution in [0.3, 0.4) is 0 Å². The van der Waals surface area contributed by atoms with Crippen molar-refractivity contribution < 1.29 is 0 Å². The smallest absolute Gasteiger partial charge is 0.274 e. The molecule has 5 nitrogen and oxygen atoms in total. The van der Waals surface area contributed by atoms with Gasteiger partial charge in [0.2, 0.25) is 0 Å². The van der Waals surface area contributed by atoms with Crippen molar-refractivity contribution in [3.63, 3.8) is 0 Å². The third-order valence-electron chi connectivity index (χ3n) is 4.72. The molecule has 4 heterocycles. The molecule has 1 unspecified atom stereocenters. The van der Waals surface area contributed by atoms with E-state index in [4.69, 9.17) is 5.73 Å². The molecule has 1 aliphatic heterocycles. The third-order valence-corrected chi connectivity index (χ3v) is 7.87. The van der Waals surface area contributed by atoms with E-state index >= 15 is 0 Å². The summed E-state index contributed by atoms with van der Waals surface area (Å²) in [4.78, 5) is 14.9. The zero-order chi connectivity index (χ0) is 20.0. The van der Waals surface area contributed by atoms with E-state index in [0.717, 1.165) is 20.9 Å². The number of fused-ring (bicyclic) bond motifs is 1. The Hall–Kier alpha value is -2.91. The van der Waals surface area contributed by atoms with Crippen LogP contribution in [-0.2, 0) is 0 Å². The van der Waals surface area contributed by atoms with Crippen LogP contribution >= 0.6 is 34.0 Å². The molecule has 4 rings (SSSR count). The molecule has 0 amide bonds. The average Bonchev–Trinajstić information content (AvgIpc) is 3.36. The summed E-state index contributed by atoms with van der Waals surface area (Å²) in [6, 6.07) is 8.33. The number of nitriles is 2. The topological polar surface area (TPSA) is 95.6 Å². The van der Waals surface area contributed by atoms with Crippen LogP contribution in [0, 0.1) is 36.5 Å². The highest BCUT2D eigenvalue weighted by Gasteiger charge is 2.33. The minimum Gasteiger partial charge on any atom is -0.384 e. The van der Waals surface area contributed by atoms with E-state index in [-0.39, 0.29) is 17.0 Å². The molecular formula is C20H14N4OS3. The number of nitrogens with zero attached hydrogens (tertiary/aromatic N) is 3. The van der Waals surface area contributed by atoms with Crippen LogP contribution in [0.25, 0.3) is 17.5 Å². The molecular weight excluding hydrogens is 408 g/mol. The summed E-state index contributed by atoms with van der Waals surface area (Å²) in [5.74, 6) is -0.428. The molecule has 0 aliphatic carbocycles. The van der Waals surface area contributed by atoms with Gasteiger partial charge in [0.1, 0.15) is 10.5 Å². The highest BCUT2D eigenvalue weighted by Crippen LogP contribution is 2.39. The van der Waals surface area contributed by atoms with Gasteiger partial charge in [-0.15, -0.1) is 34.0 Å². The molecule has 138 valence electrons. The van der Waals surface area contributed by atoms with Crippen LogP contribution in [0.1, 0.15) is 26.8 Å². The predicted molar refractivity (Wildman–Crippen MR) is 114 cm³/mol. The standard InChI is InChI=1S/C20H14N4OS3/c1-10-3-5-26-14(10)7-15-19(25)24-18(23)12(8-21)16(13(9-22)20(24)28-15)17-11(2)4-6-27-17/h3-7,16H,23H2,1-2H3. The highest BCUT2D eigenvalue weighted by atomic mass is 32.1. The van der Waals surface area contributed by atoms with Crippen molar-refractivity contribution >= 4 is 51.5 Å². The molecule has 1 atom stereocenters. The molecule has 0 spiro atoms. The maximum atomic E-state index is 13.0. The van der Waals surface area contributed by atoms with Gasteiger partial charge in [0.05, 0.1) is 33.7 Å². The fourth-order valence-corrected chi connectivity index (χ4v) is 6.33. The maximum absolute atomic E-state index is 13.0. The lowest BCUT2D eigenvalue weighted by molar-refractivity contribution is 0.911. The van der Waals surface area contributed by atoms with Gasteiger partial charge < -0.3 is 5.73 Å². The zero-order valence-corrected chi connectivity index (χ0v) is 17.5. The molecule has 0 saturated heterocycles. The van der Waals surface area contributed by atoms with E-state index in [0.29, 0.717) is 14.8 Å². The van der Waals surface area contributed by atoms with Gasteiger partial charge in [-0.1, -0.05) is 0 Å². The molecule has 0 radical (unpaired) electrons. The van der Waals surface area contributed by atoms with Gasteiger partial charge in [-0.3, -0.25) is 9.36 Å². The van der Waals surface area contributed by atoms with E-state index in [1.807, 2.05) is 42.8 Å². The summed E-state index contributed by atoms with van der Waals surface area (Å²) in [6.07, 6.45) is 1.83. The summed E-state index contributed by atoms with van der Waals surface area (Å²) >= 11 is 4.28. The quantitative estimate of drug-likeness (QED) is 0.687. The lowest BCUT2D eigenvalue weighted by Gasteiger charge is -2.21. The summed E-state index contributed by atoms with van der Waals surface area (Å²) in [5.41, 5.74) is 8.69. The molecule has 0 aromatic carbocycles. The summed E-state index contributed by atoms with van der Waals surface area (Å²) in [6.45, 7) is 3.93. The summed E-state index contributed by atoms with van der Waals surface area (Å²) < 4.78 is 2.31. The van der Waals surface area contributed by atoms with Crippen molar-refractivity contribution in [2.75, 3.05) is 0 Å². The maximum Gasteiger partial charge on any atom is 0.274 e. The third kappa shape index (κ3) is 2.66. The first kappa shape index (κ1) is 18.5. The number of aromatic nitrogens is 1. The van der Waals surface area contributed by atoms with Gasteiger partial charge >= 0.3 is 0 Å². The van der Waals surface area contributed by atoms with Gasteiger partial charge in [-0.25, -0.2) is 0 Å². The van der Waals surface area contributed by atoms with Crippen LogP contribution < -0.4 is 20.5 Å². The lowest BCUT2D eigenvalue weighted by Crippen LogP contribution is -2.38. The second-order valence-corrected chi connectivity index (χ2v) is 9.29. The Kier molecular flexibility index (Phi) is 4.56. The average molecular weight is 423 g/mol. The van der Waals surface area contributed by atoms with E-state index < -0.39 is 5.92 Å². The Bertz CT molecular complexity index is 1400. The van der Waals surface area contributed by atoms with E-state index in [9.17, 15) is 15.3 Å². The number of aryl methyl sites for hydroxylation is 2. The first-order chi connectivity index (χ1) is 13.5.